The van der Waals surface area contributed by atoms with Crippen molar-refractivity contribution in [1.82, 2.24) is 14.9 Å². The second-order valence-corrected chi connectivity index (χ2v) is 3.73. The summed E-state index contributed by atoms with van der Waals surface area (Å²) in [6.45, 7) is 0. The van der Waals surface area contributed by atoms with Crippen LogP contribution in [0.25, 0.3) is 5.69 Å². The first-order chi connectivity index (χ1) is 9.17. The Labute approximate surface area is 109 Å². The fourth-order valence-electron chi connectivity index (χ4n) is 1.69. The minimum Gasteiger partial charge on any atom is -0.409 e. The number of amides is 1. The summed E-state index contributed by atoms with van der Waals surface area (Å²) in [4.78, 5) is 15.5. The lowest BCUT2D eigenvalue weighted by molar-refractivity contribution is 0.0958. The van der Waals surface area contributed by atoms with Crippen molar-refractivity contribution in [3.05, 3.63) is 48.0 Å². The number of amidine groups is 1. The molecule has 7 heteroatoms. The third-order valence-corrected chi connectivity index (χ3v) is 2.60. The van der Waals surface area contributed by atoms with Crippen LogP contribution < -0.4 is 11.1 Å². The number of carbonyl (C=O) groups is 1. The third-order valence-electron chi connectivity index (χ3n) is 2.60. The van der Waals surface area contributed by atoms with Crippen LogP contribution in [-0.4, -0.2) is 33.5 Å². The van der Waals surface area contributed by atoms with Gasteiger partial charge in [-0.25, -0.2) is 0 Å². The molecule has 0 fully saturated rings. The summed E-state index contributed by atoms with van der Waals surface area (Å²) in [5, 5.41) is 14.2. The average Bonchev–Trinajstić information content (AvgIpc) is 2.95. The first-order valence-corrected chi connectivity index (χ1v) is 5.51. The van der Waals surface area contributed by atoms with Crippen LogP contribution in [0, 0.1) is 0 Å². The van der Waals surface area contributed by atoms with Gasteiger partial charge in [0.15, 0.2) is 5.84 Å². The lowest BCUT2D eigenvalue weighted by atomic mass is 10.3. The molecule has 7 nitrogen and oxygen atoms in total. The number of nitrogens with one attached hydrogen (secondary N) is 1. The predicted octanol–water partition coefficient (Wildman–Crippen LogP) is 0.326. The van der Waals surface area contributed by atoms with E-state index in [-0.39, 0.29) is 11.7 Å². The molecule has 0 aliphatic heterocycles. The molecule has 0 aliphatic carbocycles. The Morgan fingerprint density at radius 3 is 3.00 bits per heavy atom. The highest BCUT2D eigenvalue weighted by molar-refractivity contribution is 5.96. The van der Waals surface area contributed by atoms with Crippen LogP contribution in [0.3, 0.4) is 0 Å². The minimum atomic E-state index is -0.278. The molecule has 2 aromatic heterocycles. The zero-order valence-corrected chi connectivity index (χ0v) is 10.2. The van der Waals surface area contributed by atoms with E-state index in [1.54, 1.807) is 35.0 Å². The van der Waals surface area contributed by atoms with E-state index in [1.165, 1.54) is 13.2 Å². The van der Waals surface area contributed by atoms with Crippen LogP contribution in [-0.2, 0) is 0 Å². The molecule has 0 bridgehead atoms. The molecule has 2 aromatic rings. The van der Waals surface area contributed by atoms with Crippen molar-refractivity contribution < 1.29 is 10.0 Å². The standard InChI is InChI=1S/C12H13N5O2/c1-14-12(18)9-7-8(4-5-15-9)17-6-2-3-10(17)11(13)16-19/h2-7,19H,1H3,(H2,13,16)(H,14,18). The second kappa shape index (κ2) is 5.21. The van der Waals surface area contributed by atoms with Crippen molar-refractivity contribution in [2.24, 2.45) is 10.9 Å². The molecule has 0 unspecified atom stereocenters. The first kappa shape index (κ1) is 12.6. The van der Waals surface area contributed by atoms with Gasteiger partial charge in [0.2, 0.25) is 0 Å². The fraction of sp³-hybridized carbons (Fsp3) is 0.0833. The van der Waals surface area contributed by atoms with Gasteiger partial charge in [0, 0.05) is 25.1 Å². The van der Waals surface area contributed by atoms with Gasteiger partial charge in [0.05, 0.1) is 5.69 Å². The van der Waals surface area contributed by atoms with Crippen molar-refractivity contribution in [3.8, 4) is 5.69 Å². The summed E-state index contributed by atoms with van der Waals surface area (Å²) in [7, 11) is 1.54. The van der Waals surface area contributed by atoms with Gasteiger partial charge in [0.25, 0.3) is 5.91 Å². The molecule has 0 aromatic carbocycles. The zero-order chi connectivity index (χ0) is 13.8. The summed E-state index contributed by atoms with van der Waals surface area (Å²) in [6, 6.07) is 6.80. The predicted molar refractivity (Wildman–Crippen MR) is 69.5 cm³/mol. The number of oxime groups is 1. The normalized spacial score (nSPS) is 11.3. The summed E-state index contributed by atoms with van der Waals surface area (Å²) in [6.07, 6.45) is 3.27. The van der Waals surface area contributed by atoms with Gasteiger partial charge < -0.3 is 20.8 Å². The highest BCUT2D eigenvalue weighted by atomic mass is 16.4. The van der Waals surface area contributed by atoms with E-state index in [0.717, 1.165) is 0 Å². The second-order valence-electron chi connectivity index (χ2n) is 3.73. The smallest absolute Gasteiger partial charge is 0.269 e. The monoisotopic (exact) mass is 259 g/mol. The SMILES string of the molecule is CNC(=O)c1cc(-n2cccc2/C(N)=N/O)ccn1. The number of nitrogens with two attached hydrogens (primary N) is 1. The summed E-state index contributed by atoms with van der Waals surface area (Å²) in [5.41, 5.74) is 7.10. The number of nitrogens with zero attached hydrogens (tertiary/aromatic N) is 3. The number of aromatic nitrogens is 2. The zero-order valence-electron chi connectivity index (χ0n) is 10.2. The Hall–Kier alpha value is -2.83. The van der Waals surface area contributed by atoms with E-state index in [2.05, 4.69) is 15.5 Å². The minimum absolute atomic E-state index is 0.0108. The molecule has 0 radical (unpaired) electrons. The number of rotatable bonds is 3. The van der Waals surface area contributed by atoms with E-state index in [9.17, 15) is 4.79 Å². The van der Waals surface area contributed by atoms with Crippen LogP contribution in [0.4, 0.5) is 0 Å². The highest BCUT2D eigenvalue weighted by Gasteiger charge is 2.10. The molecule has 0 aliphatic rings. The first-order valence-electron chi connectivity index (χ1n) is 5.51. The molecule has 0 saturated carbocycles. The Kier molecular flexibility index (Phi) is 3.46. The molecule has 4 N–H and O–H groups in total. The Morgan fingerprint density at radius 2 is 2.32 bits per heavy atom. The molecule has 0 spiro atoms. The number of pyridine rings is 1. The Bertz CT molecular complexity index is 633. The molecule has 1 amide bonds. The van der Waals surface area contributed by atoms with Crippen molar-refractivity contribution in [1.29, 1.82) is 0 Å². The maximum Gasteiger partial charge on any atom is 0.269 e. The van der Waals surface area contributed by atoms with Gasteiger partial charge in [-0.2, -0.15) is 0 Å². The Balaban J connectivity index is 2.48. The van der Waals surface area contributed by atoms with Crippen LogP contribution in [0.15, 0.2) is 41.8 Å². The quantitative estimate of drug-likeness (QED) is 0.319. The van der Waals surface area contributed by atoms with E-state index in [0.29, 0.717) is 17.1 Å². The molecule has 2 rings (SSSR count). The number of carbonyl (C=O) groups excluding carboxylic acids is 1. The topological polar surface area (TPSA) is 106 Å². The van der Waals surface area contributed by atoms with E-state index >= 15 is 0 Å². The molecule has 0 atom stereocenters. The van der Waals surface area contributed by atoms with Crippen LogP contribution in [0.2, 0.25) is 0 Å². The van der Waals surface area contributed by atoms with Crippen molar-refractivity contribution >= 4 is 11.7 Å². The summed E-state index contributed by atoms with van der Waals surface area (Å²) in [5.74, 6) is -0.289. The van der Waals surface area contributed by atoms with E-state index in [4.69, 9.17) is 10.9 Å². The van der Waals surface area contributed by atoms with Crippen LogP contribution >= 0.6 is 0 Å². The molecular weight excluding hydrogens is 246 g/mol. The van der Waals surface area contributed by atoms with Gasteiger partial charge in [-0.3, -0.25) is 9.78 Å². The number of hydrogen-bond donors (Lipinski definition) is 3. The van der Waals surface area contributed by atoms with Crippen molar-refractivity contribution in [2.75, 3.05) is 7.05 Å². The Morgan fingerprint density at radius 1 is 1.53 bits per heavy atom. The lowest BCUT2D eigenvalue weighted by Gasteiger charge is -2.09. The number of hydrogen-bond acceptors (Lipinski definition) is 4. The summed E-state index contributed by atoms with van der Waals surface area (Å²) >= 11 is 0. The van der Waals surface area contributed by atoms with Gasteiger partial charge >= 0.3 is 0 Å². The largest absolute Gasteiger partial charge is 0.409 e. The maximum atomic E-state index is 11.5. The molecule has 0 saturated heterocycles. The molecule has 2 heterocycles. The van der Waals surface area contributed by atoms with Gasteiger partial charge in [-0.05, 0) is 24.3 Å². The van der Waals surface area contributed by atoms with E-state index < -0.39 is 0 Å². The molecule has 19 heavy (non-hydrogen) atoms. The maximum absolute atomic E-state index is 11.5. The summed E-state index contributed by atoms with van der Waals surface area (Å²) < 4.78 is 1.70. The molecule has 98 valence electrons. The van der Waals surface area contributed by atoms with Gasteiger partial charge in [-0.15, -0.1) is 0 Å². The van der Waals surface area contributed by atoms with Gasteiger partial charge in [0.1, 0.15) is 5.69 Å². The highest BCUT2D eigenvalue weighted by Crippen LogP contribution is 2.13. The third kappa shape index (κ3) is 2.39. The van der Waals surface area contributed by atoms with Crippen LogP contribution in [0.1, 0.15) is 16.2 Å². The lowest BCUT2D eigenvalue weighted by Crippen LogP contribution is -2.20. The van der Waals surface area contributed by atoms with Crippen LogP contribution in [0.5, 0.6) is 0 Å². The molecular formula is C12H13N5O2. The van der Waals surface area contributed by atoms with Crippen molar-refractivity contribution in [2.45, 2.75) is 0 Å². The van der Waals surface area contributed by atoms with Crippen molar-refractivity contribution in [3.63, 3.8) is 0 Å². The average molecular weight is 259 g/mol. The van der Waals surface area contributed by atoms with E-state index in [1.807, 2.05) is 0 Å². The fourth-order valence-corrected chi connectivity index (χ4v) is 1.69. The van der Waals surface area contributed by atoms with Gasteiger partial charge in [-0.1, -0.05) is 5.16 Å².